The Morgan fingerprint density at radius 2 is 1.85 bits per heavy atom. The van der Waals surface area contributed by atoms with Crippen LogP contribution in [-0.2, 0) is 22.4 Å². The van der Waals surface area contributed by atoms with Crippen molar-refractivity contribution in [2.45, 2.75) is 26.2 Å². The molecule has 6 nitrogen and oxygen atoms in total. The number of rotatable bonds is 5. The van der Waals surface area contributed by atoms with Crippen LogP contribution in [0.1, 0.15) is 34.8 Å². The van der Waals surface area contributed by atoms with E-state index >= 15 is 0 Å². The number of aliphatic carboxylic acids is 1. The minimum Gasteiger partial charge on any atom is -0.481 e. The maximum absolute atomic E-state index is 12.5. The largest absolute Gasteiger partial charge is 0.481 e. The van der Waals surface area contributed by atoms with E-state index in [1.54, 1.807) is 43.1 Å². The number of nitrogens with zero attached hydrogens (tertiary/aromatic N) is 1. The molecule has 0 fully saturated rings. The van der Waals surface area contributed by atoms with Crippen molar-refractivity contribution in [3.05, 3.63) is 59.2 Å². The van der Waals surface area contributed by atoms with Gasteiger partial charge in [0.15, 0.2) is 0 Å². The van der Waals surface area contributed by atoms with Crippen LogP contribution in [0.5, 0.6) is 0 Å². The van der Waals surface area contributed by atoms with Gasteiger partial charge in [-0.15, -0.1) is 0 Å². The lowest BCUT2D eigenvalue weighted by Crippen LogP contribution is -2.31. The summed E-state index contributed by atoms with van der Waals surface area (Å²) in [5.41, 5.74) is 3.93. The summed E-state index contributed by atoms with van der Waals surface area (Å²) < 4.78 is 0. The molecule has 1 aliphatic heterocycles. The standard InChI is InChI=1S/C21H22N2O4/c1-13(21(26)27)11-14-3-7-17(8-4-14)22-20(25)16-5-9-18-15(12-16)6-10-19(24)23(18)2/h3-5,7-9,12-13H,6,10-11H2,1-2H3,(H,22,25)(H,26,27). The molecule has 0 radical (unpaired) electrons. The van der Waals surface area contributed by atoms with Crippen LogP contribution >= 0.6 is 0 Å². The van der Waals surface area contributed by atoms with Crippen LogP contribution in [0.2, 0.25) is 0 Å². The molecule has 0 aliphatic carbocycles. The van der Waals surface area contributed by atoms with Crippen LogP contribution in [0.3, 0.4) is 0 Å². The van der Waals surface area contributed by atoms with Crippen LogP contribution < -0.4 is 10.2 Å². The molecule has 27 heavy (non-hydrogen) atoms. The highest BCUT2D eigenvalue weighted by Gasteiger charge is 2.21. The second kappa shape index (κ2) is 7.61. The quantitative estimate of drug-likeness (QED) is 0.851. The van der Waals surface area contributed by atoms with Gasteiger partial charge in [0.05, 0.1) is 5.92 Å². The molecule has 1 aliphatic rings. The summed E-state index contributed by atoms with van der Waals surface area (Å²) in [5.74, 6) is -1.42. The Bertz CT molecular complexity index is 890. The van der Waals surface area contributed by atoms with Gasteiger partial charge in [0.1, 0.15) is 0 Å². The molecule has 6 heteroatoms. The predicted molar refractivity (Wildman–Crippen MR) is 103 cm³/mol. The lowest BCUT2D eigenvalue weighted by molar-refractivity contribution is -0.141. The average Bonchev–Trinajstić information content (AvgIpc) is 2.66. The predicted octanol–water partition coefficient (Wildman–Crippen LogP) is 3.11. The summed E-state index contributed by atoms with van der Waals surface area (Å²) in [6, 6.07) is 12.5. The van der Waals surface area contributed by atoms with E-state index in [4.69, 9.17) is 5.11 Å². The van der Waals surface area contributed by atoms with E-state index in [0.29, 0.717) is 30.5 Å². The van der Waals surface area contributed by atoms with E-state index in [2.05, 4.69) is 5.32 Å². The van der Waals surface area contributed by atoms with Gasteiger partial charge >= 0.3 is 5.97 Å². The smallest absolute Gasteiger partial charge is 0.306 e. The SMILES string of the molecule is CC(Cc1ccc(NC(=O)c2ccc3c(c2)CCC(=O)N3C)cc1)C(=O)O. The van der Waals surface area contributed by atoms with Gasteiger partial charge in [-0.25, -0.2) is 0 Å². The second-order valence-electron chi connectivity index (χ2n) is 6.89. The molecule has 0 bridgehead atoms. The van der Waals surface area contributed by atoms with Gasteiger partial charge in [-0.1, -0.05) is 19.1 Å². The lowest BCUT2D eigenvalue weighted by Gasteiger charge is -2.26. The van der Waals surface area contributed by atoms with Crippen LogP contribution in [0, 0.1) is 5.92 Å². The average molecular weight is 366 g/mol. The highest BCUT2D eigenvalue weighted by Crippen LogP contribution is 2.28. The van der Waals surface area contributed by atoms with Crippen molar-refractivity contribution in [1.82, 2.24) is 0 Å². The Labute approximate surface area is 157 Å². The summed E-state index contributed by atoms with van der Waals surface area (Å²) in [6.07, 6.45) is 1.53. The Morgan fingerprint density at radius 3 is 2.52 bits per heavy atom. The van der Waals surface area contributed by atoms with E-state index in [9.17, 15) is 14.4 Å². The minimum absolute atomic E-state index is 0.0806. The zero-order chi connectivity index (χ0) is 19.6. The molecule has 0 saturated heterocycles. The molecule has 2 amide bonds. The maximum atomic E-state index is 12.5. The molecule has 1 unspecified atom stereocenters. The monoisotopic (exact) mass is 366 g/mol. The Balaban J connectivity index is 1.69. The molecule has 2 aromatic rings. The topological polar surface area (TPSA) is 86.7 Å². The molecule has 2 N–H and O–H groups in total. The van der Waals surface area contributed by atoms with E-state index < -0.39 is 11.9 Å². The third-order valence-electron chi connectivity index (χ3n) is 4.86. The van der Waals surface area contributed by atoms with Crippen molar-refractivity contribution in [2.75, 3.05) is 17.3 Å². The van der Waals surface area contributed by atoms with E-state index in [0.717, 1.165) is 16.8 Å². The van der Waals surface area contributed by atoms with Crippen molar-refractivity contribution in [3.63, 3.8) is 0 Å². The Hall–Kier alpha value is -3.15. The number of hydrogen-bond donors (Lipinski definition) is 2. The normalized spacial score (nSPS) is 14.4. The summed E-state index contributed by atoms with van der Waals surface area (Å²) in [6.45, 7) is 1.67. The number of benzene rings is 2. The number of hydrogen-bond acceptors (Lipinski definition) is 3. The van der Waals surface area contributed by atoms with E-state index in [-0.39, 0.29) is 11.8 Å². The molecule has 0 aromatic heterocycles. The fourth-order valence-corrected chi connectivity index (χ4v) is 3.17. The number of carboxylic acids is 1. The third kappa shape index (κ3) is 4.16. The number of carbonyl (C=O) groups excluding carboxylic acids is 2. The molecule has 1 atom stereocenters. The summed E-state index contributed by atoms with van der Waals surface area (Å²) >= 11 is 0. The number of amides is 2. The highest BCUT2D eigenvalue weighted by atomic mass is 16.4. The van der Waals surface area contributed by atoms with E-state index in [1.165, 1.54) is 0 Å². The molecular weight excluding hydrogens is 344 g/mol. The van der Waals surface area contributed by atoms with Crippen molar-refractivity contribution in [1.29, 1.82) is 0 Å². The van der Waals surface area contributed by atoms with Crippen molar-refractivity contribution in [3.8, 4) is 0 Å². The number of anilines is 2. The summed E-state index contributed by atoms with van der Waals surface area (Å²) in [4.78, 5) is 36.8. The number of carboxylic acid groups (broad SMARTS) is 1. The maximum Gasteiger partial charge on any atom is 0.306 e. The zero-order valence-electron chi connectivity index (χ0n) is 15.4. The van der Waals surface area contributed by atoms with Gasteiger partial charge in [0, 0.05) is 30.4 Å². The molecule has 0 saturated carbocycles. The first-order valence-electron chi connectivity index (χ1n) is 8.87. The second-order valence-corrected chi connectivity index (χ2v) is 6.89. The van der Waals surface area contributed by atoms with Gasteiger partial charge in [-0.2, -0.15) is 0 Å². The van der Waals surface area contributed by atoms with Crippen molar-refractivity contribution in [2.24, 2.45) is 5.92 Å². The first-order valence-corrected chi connectivity index (χ1v) is 8.87. The van der Waals surface area contributed by atoms with Crippen LogP contribution in [-0.4, -0.2) is 29.9 Å². The molecule has 0 spiro atoms. The van der Waals surface area contributed by atoms with Crippen molar-refractivity contribution >= 4 is 29.2 Å². The van der Waals surface area contributed by atoms with Crippen LogP contribution in [0.25, 0.3) is 0 Å². The van der Waals surface area contributed by atoms with Gasteiger partial charge in [0.2, 0.25) is 5.91 Å². The summed E-state index contributed by atoms with van der Waals surface area (Å²) in [5, 5.41) is 11.8. The Morgan fingerprint density at radius 1 is 1.15 bits per heavy atom. The molecule has 2 aromatic carbocycles. The molecular formula is C21H22N2O4. The fourth-order valence-electron chi connectivity index (χ4n) is 3.17. The van der Waals surface area contributed by atoms with Gasteiger partial charge in [-0.05, 0) is 54.3 Å². The molecule has 140 valence electrons. The van der Waals surface area contributed by atoms with Crippen LogP contribution in [0.4, 0.5) is 11.4 Å². The molecule has 3 rings (SSSR count). The fraction of sp³-hybridized carbons (Fsp3) is 0.286. The molecule has 1 heterocycles. The number of nitrogens with one attached hydrogen (secondary N) is 1. The van der Waals surface area contributed by atoms with E-state index in [1.807, 2.05) is 18.2 Å². The van der Waals surface area contributed by atoms with Gasteiger partial charge in [-0.3, -0.25) is 14.4 Å². The minimum atomic E-state index is -0.827. The number of carbonyl (C=O) groups is 3. The number of aryl methyl sites for hydroxylation is 1. The Kier molecular flexibility index (Phi) is 5.26. The van der Waals surface area contributed by atoms with Gasteiger partial charge in [0.25, 0.3) is 5.91 Å². The lowest BCUT2D eigenvalue weighted by atomic mass is 9.99. The van der Waals surface area contributed by atoms with Gasteiger partial charge < -0.3 is 15.3 Å². The number of fused-ring (bicyclic) bond motifs is 1. The highest BCUT2D eigenvalue weighted by molar-refractivity contribution is 6.05. The third-order valence-corrected chi connectivity index (χ3v) is 4.86. The first-order chi connectivity index (χ1) is 12.8. The first kappa shape index (κ1) is 18.6. The van der Waals surface area contributed by atoms with Crippen molar-refractivity contribution < 1.29 is 19.5 Å². The zero-order valence-corrected chi connectivity index (χ0v) is 15.4. The summed E-state index contributed by atoms with van der Waals surface area (Å²) in [7, 11) is 1.74. The van der Waals surface area contributed by atoms with Crippen LogP contribution in [0.15, 0.2) is 42.5 Å².